The normalized spacial score (nSPS) is 13.4. The largest absolute Gasteiger partial charge is 0.435 e. The van der Waals surface area contributed by atoms with E-state index < -0.39 is 6.61 Å². The number of ether oxygens (including phenoxy) is 1. The van der Waals surface area contributed by atoms with Gasteiger partial charge in [-0.1, -0.05) is 0 Å². The smallest absolute Gasteiger partial charge is 0.387 e. The molecule has 0 unspecified atom stereocenters. The number of fused-ring (bicyclic) bond motifs is 1. The second-order valence-electron chi connectivity index (χ2n) is 5.39. The Morgan fingerprint density at radius 1 is 1.44 bits per heavy atom. The van der Waals surface area contributed by atoms with Crippen molar-refractivity contribution in [3.05, 3.63) is 39.8 Å². The molecule has 1 aliphatic rings. The molecule has 0 bridgehead atoms. The lowest BCUT2D eigenvalue weighted by Gasteiger charge is -2.29. The molecule has 1 aliphatic heterocycles. The number of halogens is 3. The SMILES string of the molecule is Cl.NCCc1nc(C(=O)N2CCCc3cc(OC(F)F)ccc32)cs1. The summed E-state index contributed by atoms with van der Waals surface area (Å²) in [5, 5.41) is 2.56. The Balaban J connectivity index is 0.00000225. The van der Waals surface area contributed by atoms with Gasteiger partial charge in [-0.2, -0.15) is 8.78 Å². The maximum absolute atomic E-state index is 12.7. The van der Waals surface area contributed by atoms with Crippen LogP contribution in [0.15, 0.2) is 23.6 Å². The van der Waals surface area contributed by atoms with Crippen LogP contribution < -0.4 is 15.4 Å². The van der Waals surface area contributed by atoms with Crippen LogP contribution in [0.1, 0.15) is 27.5 Å². The number of alkyl halides is 2. The first-order chi connectivity index (χ1) is 11.6. The third-order valence-electron chi connectivity index (χ3n) is 3.77. The monoisotopic (exact) mass is 389 g/mol. The van der Waals surface area contributed by atoms with E-state index in [2.05, 4.69) is 9.72 Å². The van der Waals surface area contributed by atoms with Gasteiger partial charge >= 0.3 is 6.61 Å². The van der Waals surface area contributed by atoms with Gasteiger partial charge in [-0.15, -0.1) is 23.7 Å². The predicted molar refractivity (Wildman–Crippen MR) is 95.2 cm³/mol. The minimum absolute atomic E-state index is 0. The number of carbonyl (C=O) groups excluding carboxylic acids is 1. The zero-order valence-electron chi connectivity index (χ0n) is 13.3. The lowest BCUT2D eigenvalue weighted by Crippen LogP contribution is -2.35. The second-order valence-corrected chi connectivity index (χ2v) is 6.34. The number of nitrogens with zero attached hydrogens (tertiary/aromatic N) is 2. The van der Waals surface area contributed by atoms with E-state index in [4.69, 9.17) is 5.73 Å². The van der Waals surface area contributed by atoms with Crippen LogP contribution in [0.2, 0.25) is 0 Å². The Labute approximate surface area is 154 Å². The van der Waals surface area contributed by atoms with E-state index in [0.717, 1.165) is 29.1 Å². The third kappa shape index (κ3) is 4.45. The first-order valence-corrected chi connectivity index (χ1v) is 8.50. The van der Waals surface area contributed by atoms with Gasteiger partial charge in [0.25, 0.3) is 5.91 Å². The number of thiazole rings is 1. The van der Waals surface area contributed by atoms with E-state index >= 15 is 0 Å². The Morgan fingerprint density at radius 3 is 2.96 bits per heavy atom. The number of benzene rings is 1. The summed E-state index contributed by atoms with van der Waals surface area (Å²) in [6.07, 6.45) is 2.12. The van der Waals surface area contributed by atoms with Gasteiger partial charge in [0.15, 0.2) is 0 Å². The molecule has 1 amide bonds. The summed E-state index contributed by atoms with van der Waals surface area (Å²) in [7, 11) is 0. The fraction of sp³-hybridized carbons (Fsp3) is 0.375. The van der Waals surface area contributed by atoms with E-state index in [-0.39, 0.29) is 24.1 Å². The van der Waals surface area contributed by atoms with Crippen LogP contribution in [-0.4, -0.2) is 30.6 Å². The zero-order valence-corrected chi connectivity index (χ0v) is 14.9. The first-order valence-electron chi connectivity index (χ1n) is 7.62. The molecule has 2 N–H and O–H groups in total. The Bertz CT molecular complexity index is 742. The summed E-state index contributed by atoms with van der Waals surface area (Å²) in [5.41, 5.74) is 7.45. The fourth-order valence-corrected chi connectivity index (χ4v) is 3.53. The van der Waals surface area contributed by atoms with Gasteiger partial charge in [0.05, 0.1) is 5.01 Å². The van der Waals surface area contributed by atoms with Crippen LogP contribution >= 0.6 is 23.7 Å². The van der Waals surface area contributed by atoms with E-state index in [0.29, 0.717) is 25.2 Å². The Kier molecular flexibility index (Phi) is 6.69. The van der Waals surface area contributed by atoms with Gasteiger partial charge in [-0.3, -0.25) is 4.79 Å². The van der Waals surface area contributed by atoms with Crippen molar-refractivity contribution in [1.82, 2.24) is 4.98 Å². The summed E-state index contributed by atoms with van der Waals surface area (Å²) >= 11 is 1.42. The second kappa shape index (κ2) is 8.55. The number of carbonyl (C=O) groups is 1. The van der Waals surface area contributed by atoms with Crippen molar-refractivity contribution in [3.63, 3.8) is 0 Å². The van der Waals surface area contributed by atoms with Crippen molar-refractivity contribution < 1.29 is 18.3 Å². The lowest BCUT2D eigenvalue weighted by molar-refractivity contribution is -0.0498. The Morgan fingerprint density at radius 2 is 2.24 bits per heavy atom. The number of rotatable bonds is 5. The van der Waals surface area contributed by atoms with Crippen LogP contribution in [0, 0.1) is 0 Å². The Hall–Kier alpha value is -1.77. The molecule has 136 valence electrons. The van der Waals surface area contributed by atoms with Crippen molar-refractivity contribution in [1.29, 1.82) is 0 Å². The minimum Gasteiger partial charge on any atom is -0.435 e. The van der Waals surface area contributed by atoms with E-state index in [1.54, 1.807) is 22.4 Å². The highest BCUT2D eigenvalue weighted by Crippen LogP contribution is 2.32. The molecule has 25 heavy (non-hydrogen) atoms. The van der Waals surface area contributed by atoms with Crippen LogP contribution in [0.25, 0.3) is 0 Å². The highest BCUT2D eigenvalue weighted by atomic mass is 35.5. The molecular weight excluding hydrogens is 372 g/mol. The molecule has 9 heteroatoms. The van der Waals surface area contributed by atoms with E-state index in [1.807, 2.05) is 0 Å². The van der Waals surface area contributed by atoms with Gasteiger partial charge in [0.1, 0.15) is 11.4 Å². The molecule has 0 spiro atoms. The summed E-state index contributed by atoms with van der Waals surface area (Å²) in [5.74, 6) is -0.0741. The number of aromatic nitrogens is 1. The number of nitrogens with two attached hydrogens (primary N) is 1. The van der Waals surface area contributed by atoms with Crippen LogP contribution in [-0.2, 0) is 12.8 Å². The van der Waals surface area contributed by atoms with Gasteiger partial charge in [-0.05, 0) is 43.1 Å². The zero-order chi connectivity index (χ0) is 17.1. The molecule has 0 atom stereocenters. The molecule has 0 saturated heterocycles. The maximum atomic E-state index is 12.7. The predicted octanol–water partition coefficient (Wildman–Crippen LogP) is 3.26. The summed E-state index contributed by atoms with van der Waals surface area (Å²) in [4.78, 5) is 18.7. The van der Waals surface area contributed by atoms with Gasteiger partial charge in [-0.25, -0.2) is 4.98 Å². The lowest BCUT2D eigenvalue weighted by atomic mass is 10.0. The molecule has 0 aliphatic carbocycles. The first kappa shape index (κ1) is 19.6. The summed E-state index contributed by atoms with van der Waals surface area (Å²) in [6.45, 7) is -1.80. The topological polar surface area (TPSA) is 68.5 Å². The molecule has 0 fully saturated rings. The molecule has 2 aromatic rings. The minimum atomic E-state index is -2.86. The van der Waals surface area contributed by atoms with Crippen molar-refractivity contribution in [2.24, 2.45) is 5.73 Å². The number of hydrogen-bond donors (Lipinski definition) is 1. The highest BCUT2D eigenvalue weighted by molar-refractivity contribution is 7.09. The molecule has 0 saturated carbocycles. The van der Waals surface area contributed by atoms with E-state index in [1.165, 1.54) is 17.4 Å². The van der Waals surface area contributed by atoms with Gasteiger partial charge in [0, 0.05) is 24.0 Å². The number of anilines is 1. The number of aryl methyl sites for hydroxylation is 1. The van der Waals surface area contributed by atoms with Crippen molar-refractivity contribution in [3.8, 4) is 5.75 Å². The molecule has 3 rings (SSSR count). The standard InChI is InChI=1S/C16H17F2N3O2S.ClH/c17-16(18)23-11-3-4-13-10(8-11)2-1-7-21(13)15(22)12-9-24-14(20-12)5-6-19;/h3-4,8-9,16H,1-2,5-7,19H2;1H. The van der Waals surface area contributed by atoms with Crippen LogP contribution in [0.4, 0.5) is 14.5 Å². The molecule has 1 aromatic heterocycles. The van der Waals surface area contributed by atoms with Crippen LogP contribution in [0.5, 0.6) is 5.75 Å². The van der Waals surface area contributed by atoms with Crippen molar-refractivity contribution in [2.45, 2.75) is 25.9 Å². The van der Waals surface area contributed by atoms with Crippen LogP contribution in [0.3, 0.4) is 0 Å². The molecule has 5 nitrogen and oxygen atoms in total. The highest BCUT2D eigenvalue weighted by Gasteiger charge is 2.25. The van der Waals surface area contributed by atoms with Crippen molar-refractivity contribution in [2.75, 3.05) is 18.0 Å². The quantitative estimate of drug-likeness (QED) is 0.852. The maximum Gasteiger partial charge on any atom is 0.387 e. The van der Waals surface area contributed by atoms with Crippen molar-refractivity contribution >= 4 is 35.3 Å². The van der Waals surface area contributed by atoms with E-state index in [9.17, 15) is 13.6 Å². The summed E-state index contributed by atoms with van der Waals surface area (Å²) < 4.78 is 29.1. The summed E-state index contributed by atoms with van der Waals surface area (Å²) in [6, 6.07) is 4.68. The molecule has 0 radical (unpaired) electrons. The molecule has 2 heterocycles. The molecular formula is C16H18ClF2N3O2S. The number of hydrogen-bond acceptors (Lipinski definition) is 5. The van der Waals surface area contributed by atoms with Gasteiger partial charge in [0.2, 0.25) is 0 Å². The third-order valence-corrected chi connectivity index (χ3v) is 4.68. The molecule has 1 aromatic carbocycles. The number of amides is 1. The average molecular weight is 390 g/mol. The fourth-order valence-electron chi connectivity index (χ4n) is 2.75. The van der Waals surface area contributed by atoms with Gasteiger partial charge < -0.3 is 15.4 Å². The average Bonchev–Trinajstić information content (AvgIpc) is 3.02.